The van der Waals surface area contributed by atoms with Gasteiger partial charge in [-0.1, -0.05) is 0 Å². The number of ether oxygens (including phenoxy) is 2. The monoisotopic (exact) mass is 365 g/mol. The molecule has 4 aliphatic rings. The van der Waals surface area contributed by atoms with Gasteiger partial charge >= 0.3 is 0 Å². The molecule has 4 fully saturated rings. The predicted octanol–water partition coefficient (Wildman–Crippen LogP) is 2.04. The fourth-order valence-corrected chi connectivity index (χ4v) is 4.81. The number of aromatic nitrogens is 3. The molecule has 25 heavy (non-hydrogen) atoms. The van der Waals surface area contributed by atoms with E-state index in [4.69, 9.17) is 26.1 Å². The summed E-state index contributed by atoms with van der Waals surface area (Å²) < 4.78 is 11.5. The Morgan fingerprint density at radius 1 is 0.760 bits per heavy atom. The lowest BCUT2D eigenvalue weighted by molar-refractivity contribution is 0.0107. The Labute approximate surface area is 152 Å². The topological polar surface area (TPSA) is 63.6 Å². The van der Waals surface area contributed by atoms with E-state index in [0.29, 0.717) is 25.1 Å². The molecule has 5 rings (SSSR count). The molecule has 2 saturated carbocycles. The predicted molar refractivity (Wildman–Crippen MR) is 94.3 cm³/mol. The van der Waals surface area contributed by atoms with Crippen LogP contribution >= 0.6 is 11.6 Å². The summed E-state index contributed by atoms with van der Waals surface area (Å²) in [5.41, 5.74) is 0.110. The second-order valence-corrected chi connectivity index (χ2v) is 8.11. The molecule has 2 saturated heterocycles. The first kappa shape index (κ1) is 16.0. The van der Waals surface area contributed by atoms with E-state index in [1.165, 1.54) is 12.8 Å². The average Bonchev–Trinajstić information content (AvgIpc) is 2.58. The SMILES string of the molecule is Clc1nc(N2CCOCC23CCC3)nc(N2CCOCC23CCC3)n1. The molecule has 3 heterocycles. The van der Waals surface area contributed by atoms with Crippen molar-refractivity contribution < 1.29 is 9.47 Å². The van der Waals surface area contributed by atoms with Crippen LogP contribution in [-0.4, -0.2) is 65.5 Å². The number of halogens is 1. The van der Waals surface area contributed by atoms with Crippen molar-refractivity contribution in [1.82, 2.24) is 15.0 Å². The van der Waals surface area contributed by atoms with Crippen molar-refractivity contribution in [3.63, 3.8) is 0 Å². The molecule has 2 aliphatic carbocycles. The van der Waals surface area contributed by atoms with Gasteiger partial charge in [0.2, 0.25) is 17.2 Å². The Hall–Kier alpha value is -1.18. The van der Waals surface area contributed by atoms with Crippen molar-refractivity contribution in [1.29, 1.82) is 0 Å². The van der Waals surface area contributed by atoms with Gasteiger partial charge in [0.05, 0.1) is 37.5 Å². The smallest absolute Gasteiger partial charge is 0.232 e. The van der Waals surface area contributed by atoms with Crippen LogP contribution in [0.15, 0.2) is 0 Å². The summed E-state index contributed by atoms with van der Waals surface area (Å²) in [4.78, 5) is 18.4. The number of rotatable bonds is 2. The normalized spacial score (nSPS) is 27.2. The van der Waals surface area contributed by atoms with Gasteiger partial charge in [-0.3, -0.25) is 0 Å². The maximum absolute atomic E-state index is 6.32. The first-order valence-corrected chi connectivity index (χ1v) is 9.71. The molecule has 1 aromatic rings. The first-order valence-electron chi connectivity index (χ1n) is 9.33. The van der Waals surface area contributed by atoms with E-state index in [1.54, 1.807) is 0 Å². The van der Waals surface area contributed by atoms with Crippen LogP contribution in [0.2, 0.25) is 5.28 Å². The van der Waals surface area contributed by atoms with E-state index in [0.717, 1.165) is 52.0 Å². The minimum Gasteiger partial charge on any atom is -0.377 e. The van der Waals surface area contributed by atoms with E-state index in [2.05, 4.69) is 19.8 Å². The van der Waals surface area contributed by atoms with Crippen LogP contribution in [-0.2, 0) is 9.47 Å². The second kappa shape index (κ2) is 5.93. The quantitative estimate of drug-likeness (QED) is 0.794. The third-order valence-corrected chi connectivity index (χ3v) is 6.61. The summed E-state index contributed by atoms with van der Waals surface area (Å²) in [5.74, 6) is 1.41. The summed E-state index contributed by atoms with van der Waals surface area (Å²) in [7, 11) is 0. The third kappa shape index (κ3) is 2.51. The van der Waals surface area contributed by atoms with E-state index in [9.17, 15) is 0 Å². The number of morpholine rings is 2. The Kier molecular flexibility index (Phi) is 3.80. The van der Waals surface area contributed by atoms with Crippen LogP contribution in [0.3, 0.4) is 0 Å². The van der Waals surface area contributed by atoms with Crippen molar-refractivity contribution in [3.05, 3.63) is 5.28 Å². The summed E-state index contributed by atoms with van der Waals surface area (Å²) in [6.07, 6.45) is 7.00. The van der Waals surface area contributed by atoms with Crippen LogP contribution in [0.1, 0.15) is 38.5 Å². The molecule has 0 unspecified atom stereocenters. The van der Waals surface area contributed by atoms with Crippen LogP contribution < -0.4 is 9.80 Å². The van der Waals surface area contributed by atoms with Gasteiger partial charge in [0, 0.05) is 13.1 Å². The van der Waals surface area contributed by atoms with Crippen LogP contribution in [0.25, 0.3) is 0 Å². The maximum Gasteiger partial charge on any atom is 0.232 e. The highest BCUT2D eigenvalue weighted by atomic mass is 35.5. The van der Waals surface area contributed by atoms with Gasteiger partial charge in [0.15, 0.2) is 0 Å². The molecule has 1 aromatic heterocycles. The number of hydrogen-bond acceptors (Lipinski definition) is 7. The van der Waals surface area contributed by atoms with E-state index >= 15 is 0 Å². The molecule has 8 heteroatoms. The lowest BCUT2D eigenvalue weighted by Gasteiger charge is -2.53. The molecule has 7 nitrogen and oxygen atoms in total. The Bertz CT molecular complexity index is 612. The fourth-order valence-electron chi connectivity index (χ4n) is 4.66. The maximum atomic E-state index is 6.32. The van der Waals surface area contributed by atoms with Gasteiger partial charge in [0.1, 0.15) is 0 Å². The van der Waals surface area contributed by atoms with Gasteiger partial charge in [-0.2, -0.15) is 15.0 Å². The number of hydrogen-bond donors (Lipinski definition) is 0. The Balaban J connectivity index is 1.50. The van der Waals surface area contributed by atoms with Gasteiger partial charge < -0.3 is 19.3 Å². The highest BCUT2D eigenvalue weighted by molar-refractivity contribution is 6.28. The van der Waals surface area contributed by atoms with Crippen LogP contribution in [0.5, 0.6) is 0 Å². The Morgan fingerprint density at radius 2 is 1.24 bits per heavy atom. The zero-order valence-corrected chi connectivity index (χ0v) is 15.2. The average molecular weight is 366 g/mol. The molecule has 0 radical (unpaired) electrons. The molecule has 0 atom stereocenters. The van der Waals surface area contributed by atoms with Gasteiger partial charge in [-0.15, -0.1) is 0 Å². The standard InChI is InChI=1S/C17H24ClN5O2/c18-13-19-14(22-7-9-24-11-16(22)3-1-4-16)21-15(20-13)23-8-10-25-12-17(23)5-2-6-17/h1-12H2. The number of anilines is 2. The third-order valence-electron chi connectivity index (χ3n) is 6.44. The highest BCUT2D eigenvalue weighted by Crippen LogP contribution is 2.43. The lowest BCUT2D eigenvalue weighted by atomic mass is 9.75. The van der Waals surface area contributed by atoms with Gasteiger partial charge in [-0.05, 0) is 50.1 Å². The summed E-state index contributed by atoms with van der Waals surface area (Å²) in [6, 6.07) is 0. The molecule has 0 bridgehead atoms. The van der Waals surface area contributed by atoms with E-state index in [-0.39, 0.29) is 16.4 Å². The molecule has 2 aliphatic heterocycles. The van der Waals surface area contributed by atoms with E-state index in [1.807, 2.05) is 0 Å². The zero-order valence-electron chi connectivity index (χ0n) is 14.4. The van der Waals surface area contributed by atoms with Crippen LogP contribution in [0, 0.1) is 0 Å². The van der Waals surface area contributed by atoms with Crippen LogP contribution in [0.4, 0.5) is 11.9 Å². The Morgan fingerprint density at radius 3 is 1.64 bits per heavy atom. The molecule has 0 aromatic carbocycles. The van der Waals surface area contributed by atoms with Crippen molar-refractivity contribution in [2.75, 3.05) is 49.3 Å². The van der Waals surface area contributed by atoms with Gasteiger partial charge in [0.25, 0.3) is 0 Å². The minimum atomic E-state index is 0.0549. The summed E-state index contributed by atoms with van der Waals surface area (Å²) >= 11 is 6.32. The first-order chi connectivity index (χ1) is 12.2. The van der Waals surface area contributed by atoms with Crippen molar-refractivity contribution >= 4 is 23.5 Å². The van der Waals surface area contributed by atoms with Crippen molar-refractivity contribution in [3.8, 4) is 0 Å². The zero-order chi connectivity index (χ0) is 16.9. The summed E-state index contributed by atoms with van der Waals surface area (Å²) in [6.45, 7) is 4.56. The van der Waals surface area contributed by atoms with Gasteiger partial charge in [-0.25, -0.2) is 0 Å². The molecule has 0 amide bonds. The molecule has 0 N–H and O–H groups in total. The molecular weight excluding hydrogens is 342 g/mol. The largest absolute Gasteiger partial charge is 0.377 e. The minimum absolute atomic E-state index is 0.0549. The fraction of sp³-hybridized carbons (Fsp3) is 0.824. The van der Waals surface area contributed by atoms with Crippen molar-refractivity contribution in [2.24, 2.45) is 0 Å². The molecular formula is C17H24ClN5O2. The highest BCUT2D eigenvalue weighted by Gasteiger charge is 2.48. The molecule has 2 spiro atoms. The number of nitrogens with zero attached hydrogens (tertiary/aromatic N) is 5. The van der Waals surface area contributed by atoms with E-state index < -0.39 is 0 Å². The van der Waals surface area contributed by atoms with Crippen molar-refractivity contribution in [2.45, 2.75) is 49.6 Å². The summed E-state index contributed by atoms with van der Waals surface area (Å²) in [5, 5.41) is 0.280. The second-order valence-electron chi connectivity index (χ2n) is 7.77. The lowest BCUT2D eigenvalue weighted by Crippen LogP contribution is -2.62. The molecule has 136 valence electrons.